The van der Waals surface area contributed by atoms with Crippen LogP contribution >= 0.6 is 0 Å². The summed E-state index contributed by atoms with van der Waals surface area (Å²) in [6.45, 7) is 5.38. The third kappa shape index (κ3) is 5.04. The van der Waals surface area contributed by atoms with E-state index in [1.54, 1.807) is 42.5 Å². The maximum Gasteiger partial charge on any atom is 0.321 e. The van der Waals surface area contributed by atoms with Gasteiger partial charge >= 0.3 is 6.03 Å². The van der Waals surface area contributed by atoms with Crippen LogP contribution in [0.4, 0.5) is 16.2 Å². The molecule has 1 aliphatic rings. The molecule has 0 spiro atoms. The largest absolute Gasteiger partial charge is 0.325 e. The predicted molar refractivity (Wildman–Crippen MR) is 112 cm³/mol. The fraction of sp³-hybridized carbons (Fsp3) is 0.381. The topological polar surface area (TPSA) is 78.5 Å². The molecule has 2 aromatic rings. The van der Waals surface area contributed by atoms with Crippen LogP contribution in [0.1, 0.15) is 36.8 Å². The Labute approximate surface area is 167 Å². The number of amides is 2. The lowest BCUT2D eigenvalue weighted by atomic mass is 10.1. The third-order valence-corrected chi connectivity index (χ3v) is 6.45. The molecule has 1 saturated heterocycles. The first-order valence-corrected chi connectivity index (χ1v) is 11.1. The fourth-order valence-electron chi connectivity index (χ4n) is 3.19. The maximum atomic E-state index is 12.6. The molecular weight excluding hydrogens is 374 g/mol. The van der Waals surface area contributed by atoms with Crippen molar-refractivity contribution in [2.45, 2.75) is 44.4 Å². The van der Waals surface area contributed by atoms with Gasteiger partial charge in [0, 0.05) is 24.5 Å². The van der Waals surface area contributed by atoms with Gasteiger partial charge in [0.25, 0.3) is 10.0 Å². The van der Waals surface area contributed by atoms with E-state index in [4.69, 9.17) is 0 Å². The number of nitrogens with one attached hydrogen (secondary N) is 2. The average molecular weight is 402 g/mol. The molecule has 0 atom stereocenters. The average Bonchev–Trinajstić information content (AvgIpc) is 2.95. The SMILES string of the molecule is Cc1ccc(S(=O)(=O)Nc2ccc(NC(=O)N3CCCCCC3)cc2)cc1C. The number of carbonyl (C=O) groups is 1. The van der Waals surface area contributed by atoms with Gasteiger partial charge in [-0.05, 0) is 74.2 Å². The number of hydrogen-bond donors (Lipinski definition) is 2. The van der Waals surface area contributed by atoms with Crippen LogP contribution in [-0.2, 0) is 10.0 Å². The van der Waals surface area contributed by atoms with Gasteiger partial charge in [-0.25, -0.2) is 13.2 Å². The van der Waals surface area contributed by atoms with Gasteiger partial charge in [0.2, 0.25) is 0 Å². The lowest BCUT2D eigenvalue weighted by Gasteiger charge is -2.20. The molecule has 0 aromatic heterocycles. The molecular formula is C21H27N3O3S. The summed E-state index contributed by atoms with van der Waals surface area (Å²) in [4.78, 5) is 14.4. The lowest BCUT2D eigenvalue weighted by molar-refractivity contribution is 0.214. The lowest BCUT2D eigenvalue weighted by Crippen LogP contribution is -2.35. The summed E-state index contributed by atoms with van der Waals surface area (Å²) < 4.78 is 27.7. The highest BCUT2D eigenvalue weighted by Gasteiger charge is 2.17. The molecule has 0 aliphatic carbocycles. The summed E-state index contributed by atoms with van der Waals surface area (Å²) in [5.41, 5.74) is 3.06. The standard InChI is InChI=1S/C21H27N3O3S/c1-16-7-12-20(15-17(16)2)28(26,27)23-19-10-8-18(9-11-19)22-21(25)24-13-5-3-4-6-14-24/h7-12,15,23H,3-6,13-14H2,1-2H3,(H,22,25). The second-order valence-electron chi connectivity index (χ2n) is 7.26. The second kappa shape index (κ2) is 8.65. The Kier molecular flexibility index (Phi) is 6.24. The summed E-state index contributed by atoms with van der Waals surface area (Å²) in [6, 6.07) is 11.7. The Morgan fingerprint density at radius 2 is 1.46 bits per heavy atom. The highest BCUT2D eigenvalue weighted by atomic mass is 32.2. The number of anilines is 2. The van der Waals surface area contributed by atoms with Gasteiger partial charge in [0.1, 0.15) is 0 Å². The van der Waals surface area contributed by atoms with Crippen LogP contribution in [0.5, 0.6) is 0 Å². The molecule has 6 nitrogen and oxygen atoms in total. The zero-order valence-electron chi connectivity index (χ0n) is 16.4. The molecule has 7 heteroatoms. The minimum atomic E-state index is -3.66. The molecule has 0 bridgehead atoms. The minimum absolute atomic E-state index is 0.106. The zero-order valence-corrected chi connectivity index (χ0v) is 17.2. The number of likely N-dealkylation sites (tertiary alicyclic amines) is 1. The molecule has 3 rings (SSSR count). The number of sulfonamides is 1. The van der Waals surface area contributed by atoms with Gasteiger partial charge in [-0.2, -0.15) is 0 Å². The van der Waals surface area contributed by atoms with Crippen LogP contribution in [0.3, 0.4) is 0 Å². The number of carbonyl (C=O) groups excluding carboxylic acids is 1. The number of benzene rings is 2. The summed E-state index contributed by atoms with van der Waals surface area (Å²) in [5.74, 6) is 0. The molecule has 0 radical (unpaired) electrons. The Morgan fingerprint density at radius 1 is 0.857 bits per heavy atom. The highest BCUT2D eigenvalue weighted by molar-refractivity contribution is 7.92. The van der Waals surface area contributed by atoms with Gasteiger partial charge < -0.3 is 10.2 Å². The van der Waals surface area contributed by atoms with Crippen LogP contribution in [0, 0.1) is 13.8 Å². The van der Waals surface area contributed by atoms with E-state index in [-0.39, 0.29) is 10.9 Å². The molecule has 2 aromatic carbocycles. The Hall–Kier alpha value is -2.54. The van der Waals surface area contributed by atoms with Crippen molar-refractivity contribution in [3.05, 3.63) is 53.6 Å². The molecule has 0 unspecified atom stereocenters. The van der Waals surface area contributed by atoms with Crippen molar-refractivity contribution in [3.8, 4) is 0 Å². The molecule has 1 heterocycles. The molecule has 1 aliphatic heterocycles. The van der Waals surface area contributed by atoms with E-state index in [9.17, 15) is 13.2 Å². The smallest absolute Gasteiger partial charge is 0.321 e. The summed E-state index contributed by atoms with van der Waals surface area (Å²) in [5, 5.41) is 2.88. The van der Waals surface area contributed by atoms with Crippen LogP contribution in [0.15, 0.2) is 47.4 Å². The summed E-state index contributed by atoms with van der Waals surface area (Å²) in [7, 11) is -3.66. The van der Waals surface area contributed by atoms with E-state index < -0.39 is 10.0 Å². The molecule has 2 amide bonds. The van der Waals surface area contributed by atoms with Gasteiger partial charge in [-0.1, -0.05) is 18.9 Å². The van der Waals surface area contributed by atoms with Gasteiger partial charge in [-0.15, -0.1) is 0 Å². The van der Waals surface area contributed by atoms with Crippen molar-refractivity contribution >= 4 is 27.4 Å². The van der Waals surface area contributed by atoms with Crippen molar-refractivity contribution in [2.24, 2.45) is 0 Å². The van der Waals surface area contributed by atoms with E-state index in [0.717, 1.165) is 37.1 Å². The van der Waals surface area contributed by atoms with Crippen molar-refractivity contribution < 1.29 is 13.2 Å². The molecule has 2 N–H and O–H groups in total. The normalized spacial score (nSPS) is 15.0. The first kappa shape index (κ1) is 20.2. The summed E-state index contributed by atoms with van der Waals surface area (Å²) >= 11 is 0. The van der Waals surface area contributed by atoms with E-state index in [1.165, 1.54) is 12.8 Å². The Balaban J connectivity index is 1.65. The molecule has 28 heavy (non-hydrogen) atoms. The zero-order chi connectivity index (χ0) is 20.1. The van der Waals surface area contributed by atoms with Crippen LogP contribution < -0.4 is 10.0 Å². The second-order valence-corrected chi connectivity index (χ2v) is 8.94. The van der Waals surface area contributed by atoms with E-state index >= 15 is 0 Å². The first-order chi connectivity index (χ1) is 13.3. The fourth-order valence-corrected chi connectivity index (χ4v) is 4.34. The van der Waals surface area contributed by atoms with Gasteiger partial charge in [-0.3, -0.25) is 4.72 Å². The van der Waals surface area contributed by atoms with E-state index in [0.29, 0.717) is 11.4 Å². The van der Waals surface area contributed by atoms with Crippen LogP contribution in [0.25, 0.3) is 0 Å². The van der Waals surface area contributed by atoms with Crippen molar-refractivity contribution in [1.82, 2.24) is 4.90 Å². The van der Waals surface area contributed by atoms with E-state index in [1.807, 2.05) is 18.7 Å². The minimum Gasteiger partial charge on any atom is -0.325 e. The number of hydrogen-bond acceptors (Lipinski definition) is 3. The van der Waals surface area contributed by atoms with Crippen molar-refractivity contribution in [1.29, 1.82) is 0 Å². The van der Waals surface area contributed by atoms with Crippen LogP contribution in [-0.4, -0.2) is 32.4 Å². The predicted octanol–water partition coefficient (Wildman–Crippen LogP) is 4.51. The van der Waals surface area contributed by atoms with Crippen molar-refractivity contribution in [2.75, 3.05) is 23.1 Å². The highest BCUT2D eigenvalue weighted by Crippen LogP contribution is 2.21. The third-order valence-electron chi connectivity index (χ3n) is 5.07. The monoisotopic (exact) mass is 401 g/mol. The quantitative estimate of drug-likeness (QED) is 0.791. The van der Waals surface area contributed by atoms with Gasteiger partial charge in [0.05, 0.1) is 4.90 Å². The maximum absolute atomic E-state index is 12.6. The molecule has 150 valence electrons. The summed E-state index contributed by atoms with van der Waals surface area (Å²) in [6.07, 6.45) is 4.40. The van der Waals surface area contributed by atoms with Gasteiger partial charge in [0.15, 0.2) is 0 Å². The number of aryl methyl sites for hydroxylation is 2. The number of nitrogens with zero attached hydrogens (tertiary/aromatic N) is 1. The molecule has 0 saturated carbocycles. The van der Waals surface area contributed by atoms with E-state index in [2.05, 4.69) is 10.0 Å². The number of rotatable bonds is 4. The molecule has 1 fully saturated rings. The number of urea groups is 1. The first-order valence-electron chi connectivity index (χ1n) is 9.61. The Morgan fingerprint density at radius 3 is 2.07 bits per heavy atom. The van der Waals surface area contributed by atoms with Crippen molar-refractivity contribution in [3.63, 3.8) is 0 Å². The Bertz CT molecular complexity index is 932. The van der Waals surface area contributed by atoms with Crippen LogP contribution in [0.2, 0.25) is 0 Å².